The van der Waals surface area contributed by atoms with Crippen LogP contribution in [0.25, 0.3) is 0 Å². The Kier molecular flexibility index (Phi) is 11.7. The summed E-state index contributed by atoms with van der Waals surface area (Å²) in [7, 11) is 3.41. The summed E-state index contributed by atoms with van der Waals surface area (Å²) in [6.07, 6.45) is 0.223. The zero-order chi connectivity index (χ0) is 13.8. The minimum Gasteiger partial charge on any atom is -0.383 e. The Morgan fingerprint density at radius 2 is 1.78 bits per heavy atom. The van der Waals surface area contributed by atoms with E-state index < -0.39 is 0 Å². The summed E-state index contributed by atoms with van der Waals surface area (Å²) >= 11 is 0. The SMILES string of the molecule is CCOCN(CCOC)C(COC)COC(C)C. The molecule has 0 saturated heterocycles. The minimum absolute atomic E-state index is 0.194. The first-order valence-corrected chi connectivity index (χ1v) is 6.56. The van der Waals surface area contributed by atoms with E-state index in [4.69, 9.17) is 18.9 Å². The quantitative estimate of drug-likeness (QED) is 0.497. The average molecular weight is 263 g/mol. The number of hydrogen-bond donors (Lipinski definition) is 0. The highest BCUT2D eigenvalue weighted by atomic mass is 16.5. The van der Waals surface area contributed by atoms with Crippen LogP contribution in [-0.2, 0) is 18.9 Å². The first-order valence-electron chi connectivity index (χ1n) is 6.56. The molecule has 0 spiro atoms. The van der Waals surface area contributed by atoms with Gasteiger partial charge in [-0.1, -0.05) is 0 Å². The van der Waals surface area contributed by atoms with Gasteiger partial charge in [0.25, 0.3) is 0 Å². The molecule has 0 saturated carbocycles. The molecule has 0 N–H and O–H groups in total. The van der Waals surface area contributed by atoms with Crippen LogP contribution in [0.3, 0.4) is 0 Å². The van der Waals surface area contributed by atoms with E-state index in [0.29, 0.717) is 33.2 Å². The highest BCUT2D eigenvalue weighted by Gasteiger charge is 2.19. The Hall–Kier alpha value is -0.200. The van der Waals surface area contributed by atoms with E-state index in [1.54, 1.807) is 14.2 Å². The summed E-state index contributed by atoms with van der Waals surface area (Å²) < 4.78 is 21.6. The predicted molar refractivity (Wildman–Crippen MR) is 71.8 cm³/mol. The van der Waals surface area contributed by atoms with Gasteiger partial charge in [0.2, 0.25) is 0 Å². The van der Waals surface area contributed by atoms with Crippen molar-refractivity contribution in [2.24, 2.45) is 0 Å². The first-order chi connectivity index (χ1) is 8.65. The second kappa shape index (κ2) is 11.9. The lowest BCUT2D eigenvalue weighted by Crippen LogP contribution is -2.45. The second-order valence-corrected chi connectivity index (χ2v) is 4.42. The fourth-order valence-corrected chi connectivity index (χ4v) is 1.52. The Balaban J connectivity index is 4.30. The molecule has 5 nitrogen and oxygen atoms in total. The number of methoxy groups -OCH3 is 2. The van der Waals surface area contributed by atoms with Gasteiger partial charge in [-0.2, -0.15) is 0 Å². The van der Waals surface area contributed by atoms with Gasteiger partial charge in [-0.15, -0.1) is 0 Å². The molecule has 0 aliphatic carbocycles. The molecule has 0 aliphatic rings. The van der Waals surface area contributed by atoms with Crippen LogP contribution in [0.2, 0.25) is 0 Å². The lowest BCUT2D eigenvalue weighted by atomic mass is 10.3. The van der Waals surface area contributed by atoms with Crippen LogP contribution in [0.5, 0.6) is 0 Å². The topological polar surface area (TPSA) is 40.2 Å². The van der Waals surface area contributed by atoms with Gasteiger partial charge in [-0.25, -0.2) is 0 Å². The third-order valence-electron chi connectivity index (χ3n) is 2.54. The summed E-state index contributed by atoms with van der Waals surface area (Å²) in [5.41, 5.74) is 0. The zero-order valence-electron chi connectivity index (χ0n) is 12.5. The van der Waals surface area contributed by atoms with Crippen LogP contribution in [-0.4, -0.2) is 71.0 Å². The second-order valence-electron chi connectivity index (χ2n) is 4.42. The summed E-state index contributed by atoms with van der Waals surface area (Å²) in [4.78, 5) is 2.19. The molecule has 1 atom stereocenters. The maximum absolute atomic E-state index is 5.68. The van der Waals surface area contributed by atoms with E-state index in [9.17, 15) is 0 Å². The van der Waals surface area contributed by atoms with Crippen molar-refractivity contribution >= 4 is 0 Å². The van der Waals surface area contributed by atoms with Crippen LogP contribution in [0.15, 0.2) is 0 Å². The van der Waals surface area contributed by atoms with E-state index in [0.717, 1.165) is 6.54 Å². The van der Waals surface area contributed by atoms with Crippen LogP contribution in [0.4, 0.5) is 0 Å². The number of ether oxygens (including phenoxy) is 4. The number of hydrogen-bond acceptors (Lipinski definition) is 5. The molecule has 110 valence electrons. The first kappa shape index (κ1) is 17.8. The Labute approximate surface area is 111 Å². The summed E-state index contributed by atoms with van der Waals surface area (Å²) in [5, 5.41) is 0. The van der Waals surface area contributed by atoms with Crippen molar-refractivity contribution in [2.45, 2.75) is 32.9 Å². The van der Waals surface area contributed by atoms with Gasteiger partial charge in [-0.3, -0.25) is 4.90 Å². The van der Waals surface area contributed by atoms with Crippen LogP contribution < -0.4 is 0 Å². The van der Waals surface area contributed by atoms with Crippen molar-refractivity contribution in [3.63, 3.8) is 0 Å². The Bertz CT molecular complexity index is 170. The molecular weight excluding hydrogens is 234 g/mol. The predicted octanol–water partition coefficient (Wildman–Crippen LogP) is 1.37. The van der Waals surface area contributed by atoms with E-state index in [1.807, 2.05) is 20.8 Å². The van der Waals surface area contributed by atoms with Crippen LogP contribution in [0, 0.1) is 0 Å². The molecule has 0 aromatic carbocycles. The Morgan fingerprint density at radius 3 is 2.28 bits per heavy atom. The smallest absolute Gasteiger partial charge is 0.0994 e. The molecule has 0 rings (SSSR count). The molecule has 0 aliphatic heterocycles. The summed E-state index contributed by atoms with van der Waals surface area (Å²) in [5.74, 6) is 0. The van der Waals surface area contributed by atoms with Gasteiger partial charge in [0.15, 0.2) is 0 Å². The fourth-order valence-electron chi connectivity index (χ4n) is 1.52. The third kappa shape index (κ3) is 8.83. The molecule has 0 heterocycles. The van der Waals surface area contributed by atoms with Gasteiger partial charge in [-0.05, 0) is 20.8 Å². The minimum atomic E-state index is 0.194. The van der Waals surface area contributed by atoms with E-state index >= 15 is 0 Å². The Morgan fingerprint density at radius 1 is 1.06 bits per heavy atom. The van der Waals surface area contributed by atoms with E-state index in [-0.39, 0.29) is 12.1 Å². The third-order valence-corrected chi connectivity index (χ3v) is 2.54. The maximum Gasteiger partial charge on any atom is 0.0994 e. The molecule has 0 fully saturated rings. The summed E-state index contributed by atoms with van der Waals surface area (Å²) in [6, 6.07) is 0.194. The molecule has 0 amide bonds. The van der Waals surface area contributed by atoms with Crippen LogP contribution in [0.1, 0.15) is 20.8 Å². The standard InChI is InChI=1S/C13H29NO4/c1-6-17-11-14(7-8-15-4)13(9-16-5)10-18-12(2)3/h12-13H,6-11H2,1-5H3. The van der Waals surface area contributed by atoms with E-state index in [2.05, 4.69) is 4.90 Å². The largest absolute Gasteiger partial charge is 0.383 e. The summed E-state index contributed by atoms with van der Waals surface area (Å²) in [6.45, 7) is 10.1. The molecule has 18 heavy (non-hydrogen) atoms. The lowest BCUT2D eigenvalue weighted by molar-refractivity contribution is -0.0574. The molecule has 0 radical (unpaired) electrons. The number of nitrogens with zero attached hydrogens (tertiary/aromatic N) is 1. The van der Waals surface area contributed by atoms with Crippen LogP contribution >= 0.6 is 0 Å². The van der Waals surface area contributed by atoms with Gasteiger partial charge in [0.05, 0.1) is 38.7 Å². The highest BCUT2D eigenvalue weighted by Crippen LogP contribution is 2.04. The van der Waals surface area contributed by atoms with Crippen molar-refractivity contribution in [2.75, 3.05) is 53.9 Å². The van der Waals surface area contributed by atoms with E-state index in [1.165, 1.54) is 0 Å². The molecule has 0 bridgehead atoms. The number of rotatable bonds is 12. The highest BCUT2D eigenvalue weighted by molar-refractivity contribution is 4.69. The molecular formula is C13H29NO4. The van der Waals surface area contributed by atoms with Crippen molar-refractivity contribution < 1.29 is 18.9 Å². The van der Waals surface area contributed by atoms with Crippen molar-refractivity contribution in [1.29, 1.82) is 0 Å². The van der Waals surface area contributed by atoms with Crippen molar-refractivity contribution in [3.05, 3.63) is 0 Å². The average Bonchev–Trinajstić information content (AvgIpc) is 2.35. The van der Waals surface area contributed by atoms with Gasteiger partial charge in [0.1, 0.15) is 0 Å². The molecule has 1 unspecified atom stereocenters. The molecule has 0 aromatic heterocycles. The fraction of sp³-hybridized carbons (Fsp3) is 1.00. The van der Waals surface area contributed by atoms with Crippen molar-refractivity contribution in [3.8, 4) is 0 Å². The monoisotopic (exact) mass is 263 g/mol. The van der Waals surface area contributed by atoms with Gasteiger partial charge >= 0.3 is 0 Å². The maximum atomic E-state index is 5.68. The molecule has 5 heteroatoms. The van der Waals surface area contributed by atoms with Gasteiger partial charge in [0, 0.05) is 27.4 Å². The molecule has 0 aromatic rings. The normalized spacial score (nSPS) is 13.5. The van der Waals surface area contributed by atoms with Crippen molar-refractivity contribution in [1.82, 2.24) is 4.90 Å². The lowest BCUT2D eigenvalue weighted by Gasteiger charge is -2.31. The zero-order valence-corrected chi connectivity index (χ0v) is 12.5. The van der Waals surface area contributed by atoms with Gasteiger partial charge < -0.3 is 18.9 Å².